The summed E-state index contributed by atoms with van der Waals surface area (Å²) in [5.74, 6) is 0.603. The molecule has 0 spiro atoms. The van der Waals surface area contributed by atoms with Gasteiger partial charge in [0.15, 0.2) is 0 Å². The lowest BCUT2D eigenvalue weighted by molar-refractivity contribution is -0.121. The van der Waals surface area contributed by atoms with Gasteiger partial charge in [-0.1, -0.05) is 41.9 Å². The quantitative estimate of drug-likeness (QED) is 0.459. The van der Waals surface area contributed by atoms with Crippen molar-refractivity contribution in [2.24, 2.45) is 0 Å². The molecule has 0 saturated heterocycles. The van der Waals surface area contributed by atoms with Crippen LogP contribution in [0.5, 0.6) is 5.75 Å². The molecule has 1 amide bonds. The molecule has 0 radical (unpaired) electrons. The van der Waals surface area contributed by atoms with Gasteiger partial charge in [0.25, 0.3) is 0 Å². The van der Waals surface area contributed by atoms with E-state index in [0.29, 0.717) is 30.3 Å². The van der Waals surface area contributed by atoms with Gasteiger partial charge in [-0.15, -0.1) is 0 Å². The minimum absolute atomic E-state index is 0.147. The predicted octanol–water partition coefficient (Wildman–Crippen LogP) is 4.23. The van der Waals surface area contributed by atoms with Gasteiger partial charge in [-0.05, 0) is 53.6 Å². The molecule has 3 aromatic carbocycles. The number of benzene rings is 3. The lowest BCUT2D eigenvalue weighted by atomic mass is 10.1. The van der Waals surface area contributed by atoms with Crippen LogP contribution in [0.4, 0.5) is 5.69 Å². The molecule has 0 aliphatic carbocycles. The van der Waals surface area contributed by atoms with Crippen molar-refractivity contribution >= 4 is 44.0 Å². The molecule has 164 valence electrons. The summed E-state index contributed by atoms with van der Waals surface area (Å²) in [5.41, 5.74) is 0.524. The van der Waals surface area contributed by atoms with Crippen LogP contribution in [0, 0.1) is 0 Å². The largest absolute Gasteiger partial charge is 0.492 e. The number of fused-ring (bicyclic) bond motifs is 1. The second-order valence-electron chi connectivity index (χ2n) is 7.12. The molecule has 0 heterocycles. The molecule has 0 aliphatic rings. The number of halogens is 1. The summed E-state index contributed by atoms with van der Waals surface area (Å²) in [6.07, 6.45) is 1.76. The van der Waals surface area contributed by atoms with Crippen molar-refractivity contribution < 1.29 is 17.9 Å². The molecule has 0 aromatic heterocycles. The monoisotopic (exact) mass is 460 g/mol. The third-order valence-electron chi connectivity index (χ3n) is 4.69. The summed E-state index contributed by atoms with van der Waals surface area (Å²) in [6, 6.07) is 20.5. The number of rotatable bonds is 10. The van der Waals surface area contributed by atoms with Crippen molar-refractivity contribution in [1.29, 1.82) is 0 Å². The van der Waals surface area contributed by atoms with E-state index in [1.165, 1.54) is 4.31 Å². The maximum Gasteiger partial charge on any atom is 0.232 e. The van der Waals surface area contributed by atoms with Crippen LogP contribution >= 0.6 is 11.6 Å². The highest BCUT2D eigenvalue weighted by molar-refractivity contribution is 7.92. The van der Waals surface area contributed by atoms with E-state index in [-0.39, 0.29) is 18.9 Å². The lowest BCUT2D eigenvalue weighted by Gasteiger charge is -2.22. The fourth-order valence-corrected chi connectivity index (χ4v) is 4.27. The SMILES string of the molecule is CS(=O)(=O)N(CCCC(=O)NCCOc1ccc2ccccc2c1)c1ccc(Cl)cc1. The van der Waals surface area contributed by atoms with Gasteiger partial charge < -0.3 is 10.1 Å². The van der Waals surface area contributed by atoms with E-state index in [1.54, 1.807) is 24.3 Å². The summed E-state index contributed by atoms with van der Waals surface area (Å²) >= 11 is 5.87. The standard InChI is InChI=1S/C23H25ClN2O4S/c1-31(28,29)26(21-11-9-20(24)10-12-21)15-4-7-23(27)25-14-16-30-22-13-8-18-5-2-3-6-19(18)17-22/h2-3,5-6,8-13,17H,4,7,14-16H2,1H3,(H,25,27). The van der Waals surface area contributed by atoms with Crippen molar-refractivity contribution in [1.82, 2.24) is 5.32 Å². The summed E-state index contributed by atoms with van der Waals surface area (Å²) < 4.78 is 31.2. The molecule has 0 bridgehead atoms. The summed E-state index contributed by atoms with van der Waals surface area (Å²) in [5, 5.41) is 5.57. The van der Waals surface area contributed by atoms with Crippen molar-refractivity contribution in [3.63, 3.8) is 0 Å². The highest BCUT2D eigenvalue weighted by Crippen LogP contribution is 2.21. The highest BCUT2D eigenvalue weighted by atomic mass is 35.5. The summed E-state index contributed by atoms with van der Waals surface area (Å²) in [7, 11) is -3.46. The number of carbonyl (C=O) groups is 1. The van der Waals surface area contributed by atoms with Crippen LogP contribution in [0.3, 0.4) is 0 Å². The summed E-state index contributed by atoms with van der Waals surface area (Å²) in [6.45, 7) is 0.935. The molecular weight excluding hydrogens is 436 g/mol. The maximum absolute atomic E-state index is 12.1. The molecule has 6 nitrogen and oxygen atoms in total. The smallest absolute Gasteiger partial charge is 0.232 e. The van der Waals surface area contributed by atoms with Crippen molar-refractivity contribution in [3.05, 3.63) is 71.8 Å². The third kappa shape index (κ3) is 6.87. The van der Waals surface area contributed by atoms with Crippen LogP contribution in [0.2, 0.25) is 5.02 Å². The number of hydrogen-bond donors (Lipinski definition) is 1. The van der Waals surface area contributed by atoms with Crippen LogP contribution in [0.1, 0.15) is 12.8 Å². The van der Waals surface area contributed by atoms with E-state index in [2.05, 4.69) is 5.32 Å². The zero-order chi connectivity index (χ0) is 22.3. The van der Waals surface area contributed by atoms with Gasteiger partial charge in [0, 0.05) is 18.0 Å². The van der Waals surface area contributed by atoms with Gasteiger partial charge in [-0.2, -0.15) is 0 Å². The van der Waals surface area contributed by atoms with Gasteiger partial charge in [0.1, 0.15) is 12.4 Å². The Kier molecular flexibility index (Phi) is 7.76. The Hall–Kier alpha value is -2.77. The number of carbonyl (C=O) groups excluding carboxylic acids is 1. The van der Waals surface area contributed by atoms with Gasteiger partial charge in [-0.25, -0.2) is 8.42 Å². The first-order chi connectivity index (χ1) is 14.8. The normalized spacial score (nSPS) is 11.3. The first-order valence-electron chi connectivity index (χ1n) is 9.94. The van der Waals surface area contributed by atoms with Gasteiger partial charge in [0.05, 0.1) is 18.5 Å². The number of hydrogen-bond acceptors (Lipinski definition) is 4. The van der Waals surface area contributed by atoms with Crippen LogP contribution in [0.15, 0.2) is 66.7 Å². The highest BCUT2D eigenvalue weighted by Gasteiger charge is 2.17. The average Bonchev–Trinajstić information content (AvgIpc) is 2.74. The predicted molar refractivity (Wildman–Crippen MR) is 125 cm³/mol. The van der Waals surface area contributed by atoms with E-state index in [9.17, 15) is 13.2 Å². The van der Waals surface area contributed by atoms with Crippen LogP contribution in [0.25, 0.3) is 10.8 Å². The second kappa shape index (κ2) is 10.5. The second-order valence-corrected chi connectivity index (χ2v) is 9.47. The van der Waals surface area contributed by atoms with Crippen LogP contribution in [-0.4, -0.2) is 40.3 Å². The Morgan fingerprint density at radius 1 is 1.03 bits per heavy atom. The Morgan fingerprint density at radius 2 is 1.74 bits per heavy atom. The Bertz CT molecular complexity index is 1130. The number of nitrogens with zero attached hydrogens (tertiary/aromatic N) is 1. The number of ether oxygens (including phenoxy) is 1. The molecular formula is C23H25ClN2O4S. The molecule has 0 atom stereocenters. The molecule has 3 rings (SSSR count). The molecule has 0 unspecified atom stereocenters. The summed E-state index contributed by atoms with van der Waals surface area (Å²) in [4.78, 5) is 12.1. The number of nitrogens with one attached hydrogen (secondary N) is 1. The minimum Gasteiger partial charge on any atom is -0.492 e. The fraction of sp³-hybridized carbons (Fsp3) is 0.261. The zero-order valence-corrected chi connectivity index (χ0v) is 18.8. The van der Waals surface area contributed by atoms with Crippen molar-refractivity contribution in [3.8, 4) is 5.75 Å². The topological polar surface area (TPSA) is 75.7 Å². The Morgan fingerprint density at radius 3 is 2.45 bits per heavy atom. The lowest BCUT2D eigenvalue weighted by Crippen LogP contribution is -2.32. The van der Waals surface area contributed by atoms with Crippen LogP contribution < -0.4 is 14.4 Å². The number of amides is 1. The molecule has 31 heavy (non-hydrogen) atoms. The molecule has 8 heteroatoms. The maximum atomic E-state index is 12.1. The van der Waals surface area contributed by atoms with Gasteiger partial charge in [-0.3, -0.25) is 9.10 Å². The Balaban J connectivity index is 1.41. The molecule has 0 fully saturated rings. The zero-order valence-electron chi connectivity index (χ0n) is 17.3. The number of sulfonamides is 1. The Labute approximate surface area is 187 Å². The molecule has 0 aliphatic heterocycles. The molecule has 0 saturated carbocycles. The average molecular weight is 461 g/mol. The molecule has 1 N–H and O–H groups in total. The van der Waals surface area contributed by atoms with E-state index in [4.69, 9.17) is 16.3 Å². The van der Waals surface area contributed by atoms with E-state index < -0.39 is 10.0 Å². The minimum atomic E-state index is -3.46. The third-order valence-corrected chi connectivity index (χ3v) is 6.14. The van der Waals surface area contributed by atoms with E-state index >= 15 is 0 Å². The van der Waals surface area contributed by atoms with Gasteiger partial charge in [0.2, 0.25) is 15.9 Å². The number of anilines is 1. The molecule has 3 aromatic rings. The first kappa shape index (κ1) is 22.9. The van der Waals surface area contributed by atoms with Crippen molar-refractivity contribution in [2.75, 3.05) is 30.3 Å². The first-order valence-corrected chi connectivity index (χ1v) is 12.2. The van der Waals surface area contributed by atoms with E-state index in [1.807, 2.05) is 42.5 Å². The van der Waals surface area contributed by atoms with E-state index in [0.717, 1.165) is 22.8 Å². The van der Waals surface area contributed by atoms with Gasteiger partial charge >= 0.3 is 0 Å². The fourth-order valence-electron chi connectivity index (χ4n) is 3.18. The van der Waals surface area contributed by atoms with Crippen LogP contribution in [-0.2, 0) is 14.8 Å². The van der Waals surface area contributed by atoms with Crippen molar-refractivity contribution in [2.45, 2.75) is 12.8 Å².